The Balaban J connectivity index is 1.53. The fourth-order valence-electron chi connectivity index (χ4n) is 3.10. The number of likely N-dealkylation sites (tertiary alicyclic amines) is 1. The summed E-state index contributed by atoms with van der Waals surface area (Å²) >= 11 is 1.42. The van der Waals surface area contributed by atoms with Crippen LogP contribution in [0.15, 0.2) is 29.6 Å². The van der Waals surface area contributed by atoms with Gasteiger partial charge in [-0.15, -0.1) is 11.3 Å². The van der Waals surface area contributed by atoms with E-state index in [0.29, 0.717) is 18.8 Å². The molecule has 0 spiro atoms. The van der Waals surface area contributed by atoms with Crippen LogP contribution in [0, 0.1) is 5.92 Å². The van der Waals surface area contributed by atoms with Gasteiger partial charge in [0.05, 0.1) is 0 Å². The molecular formula is C19H26N4OS. The molecule has 0 saturated carbocycles. The number of carbonyl (C=O) groups excluding carboxylic acids is 1. The van der Waals surface area contributed by atoms with Gasteiger partial charge in [0.25, 0.3) is 5.91 Å². The van der Waals surface area contributed by atoms with Crippen LogP contribution in [0.25, 0.3) is 0 Å². The van der Waals surface area contributed by atoms with Crippen LogP contribution in [0.5, 0.6) is 0 Å². The van der Waals surface area contributed by atoms with Gasteiger partial charge in [-0.3, -0.25) is 9.69 Å². The number of benzene rings is 1. The Labute approximate surface area is 153 Å². The van der Waals surface area contributed by atoms with Crippen LogP contribution in [0.1, 0.15) is 46.4 Å². The van der Waals surface area contributed by atoms with E-state index in [1.807, 2.05) is 0 Å². The Bertz CT molecular complexity index is 707. The summed E-state index contributed by atoms with van der Waals surface area (Å²) in [4.78, 5) is 18.9. The number of rotatable bonds is 6. The van der Waals surface area contributed by atoms with Crippen molar-refractivity contribution in [1.29, 1.82) is 0 Å². The summed E-state index contributed by atoms with van der Waals surface area (Å²) in [7, 11) is 0. The molecular weight excluding hydrogens is 332 g/mol. The Morgan fingerprint density at radius 3 is 2.84 bits per heavy atom. The summed E-state index contributed by atoms with van der Waals surface area (Å²) in [6.45, 7) is 6.55. The van der Waals surface area contributed by atoms with E-state index in [2.05, 4.69) is 46.4 Å². The summed E-state index contributed by atoms with van der Waals surface area (Å²) in [5.74, 6) is 0.703. The molecule has 25 heavy (non-hydrogen) atoms. The average molecular weight is 359 g/mol. The van der Waals surface area contributed by atoms with Crippen molar-refractivity contribution in [2.45, 2.75) is 39.4 Å². The van der Waals surface area contributed by atoms with Gasteiger partial charge in [-0.05, 0) is 43.0 Å². The van der Waals surface area contributed by atoms with E-state index >= 15 is 0 Å². The zero-order valence-electron chi connectivity index (χ0n) is 14.7. The zero-order chi connectivity index (χ0) is 17.6. The van der Waals surface area contributed by atoms with Crippen LogP contribution in [-0.4, -0.2) is 28.9 Å². The van der Waals surface area contributed by atoms with Gasteiger partial charge in [-0.2, -0.15) is 0 Å². The van der Waals surface area contributed by atoms with Gasteiger partial charge in [-0.1, -0.05) is 31.2 Å². The molecule has 0 aliphatic carbocycles. The maximum absolute atomic E-state index is 12.2. The largest absolute Gasteiger partial charge is 0.347 e. The SMILES string of the molecule is CC1CCN(Cc2cccc(CNC(=O)c3csc(CN)n3)c2)CC1. The van der Waals surface area contributed by atoms with E-state index in [9.17, 15) is 4.79 Å². The Morgan fingerprint density at radius 2 is 2.12 bits per heavy atom. The molecule has 6 heteroatoms. The number of nitrogens with zero attached hydrogens (tertiary/aromatic N) is 2. The summed E-state index contributed by atoms with van der Waals surface area (Å²) in [6, 6.07) is 8.47. The lowest BCUT2D eigenvalue weighted by Crippen LogP contribution is -2.32. The van der Waals surface area contributed by atoms with Gasteiger partial charge >= 0.3 is 0 Å². The number of aromatic nitrogens is 1. The number of hydrogen-bond acceptors (Lipinski definition) is 5. The predicted octanol–water partition coefficient (Wildman–Crippen LogP) is 2.76. The van der Waals surface area contributed by atoms with Crippen LogP contribution in [0.4, 0.5) is 0 Å². The van der Waals surface area contributed by atoms with Crippen molar-refractivity contribution >= 4 is 17.2 Å². The minimum atomic E-state index is -0.147. The number of nitrogens with one attached hydrogen (secondary N) is 1. The van der Waals surface area contributed by atoms with Crippen molar-refractivity contribution in [3.05, 3.63) is 51.5 Å². The second kappa shape index (κ2) is 8.56. The third-order valence-electron chi connectivity index (χ3n) is 4.69. The highest BCUT2D eigenvalue weighted by Crippen LogP contribution is 2.18. The van der Waals surface area contributed by atoms with Gasteiger partial charge in [0.15, 0.2) is 0 Å². The van der Waals surface area contributed by atoms with Crippen molar-refractivity contribution in [2.75, 3.05) is 13.1 Å². The molecule has 5 nitrogen and oxygen atoms in total. The lowest BCUT2D eigenvalue weighted by atomic mass is 9.98. The molecule has 1 aliphatic heterocycles. The summed E-state index contributed by atoms with van der Waals surface area (Å²) in [5, 5.41) is 5.48. The van der Waals surface area contributed by atoms with Crippen LogP contribution < -0.4 is 11.1 Å². The molecule has 1 amide bonds. The van der Waals surface area contributed by atoms with E-state index in [1.54, 1.807) is 5.38 Å². The zero-order valence-corrected chi connectivity index (χ0v) is 15.5. The third kappa shape index (κ3) is 5.11. The molecule has 0 atom stereocenters. The van der Waals surface area contributed by atoms with Crippen LogP contribution in [-0.2, 0) is 19.6 Å². The molecule has 3 rings (SSSR count). The minimum absolute atomic E-state index is 0.147. The predicted molar refractivity (Wildman–Crippen MR) is 101 cm³/mol. The summed E-state index contributed by atoms with van der Waals surface area (Å²) in [5.41, 5.74) is 8.41. The van der Waals surface area contributed by atoms with E-state index in [0.717, 1.165) is 23.0 Å². The normalized spacial score (nSPS) is 16.1. The topological polar surface area (TPSA) is 71.2 Å². The first-order valence-corrected chi connectivity index (χ1v) is 9.75. The first kappa shape index (κ1) is 18.0. The number of carbonyl (C=O) groups is 1. The standard InChI is InChI=1S/C19H26N4OS/c1-14-5-7-23(8-6-14)12-16-4-2-3-15(9-16)11-21-19(24)17-13-25-18(10-20)22-17/h2-4,9,13-14H,5-8,10-12,20H2,1H3,(H,21,24). The van der Waals surface area contributed by atoms with Crippen LogP contribution in [0.2, 0.25) is 0 Å². The monoisotopic (exact) mass is 358 g/mol. The third-order valence-corrected chi connectivity index (χ3v) is 5.56. The number of piperidine rings is 1. The molecule has 1 aromatic carbocycles. The molecule has 134 valence electrons. The highest BCUT2D eigenvalue weighted by Gasteiger charge is 2.16. The lowest BCUT2D eigenvalue weighted by Gasteiger charge is -2.30. The molecule has 1 aliphatic rings. The van der Waals surface area contributed by atoms with Gasteiger partial charge in [0, 0.05) is 25.0 Å². The van der Waals surface area contributed by atoms with Crippen molar-refractivity contribution in [3.8, 4) is 0 Å². The van der Waals surface area contributed by atoms with E-state index in [4.69, 9.17) is 5.73 Å². The molecule has 0 unspecified atom stereocenters. The first-order valence-electron chi connectivity index (χ1n) is 8.87. The quantitative estimate of drug-likeness (QED) is 0.833. The molecule has 0 bridgehead atoms. The van der Waals surface area contributed by atoms with E-state index in [1.165, 1.54) is 42.8 Å². The van der Waals surface area contributed by atoms with Crippen molar-refractivity contribution in [3.63, 3.8) is 0 Å². The second-order valence-corrected chi connectivity index (χ2v) is 7.73. The van der Waals surface area contributed by atoms with E-state index in [-0.39, 0.29) is 5.91 Å². The number of thiazole rings is 1. The minimum Gasteiger partial charge on any atom is -0.347 e. The second-order valence-electron chi connectivity index (χ2n) is 6.79. The van der Waals surface area contributed by atoms with Crippen LogP contribution in [0.3, 0.4) is 0 Å². The van der Waals surface area contributed by atoms with E-state index < -0.39 is 0 Å². The summed E-state index contributed by atoms with van der Waals surface area (Å²) in [6.07, 6.45) is 2.57. The first-order chi connectivity index (χ1) is 12.1. The van der Waals surface area contributed by atoms with Crippen molar-refractivity contribution < 1.29 is 4.79 Å². The molecule has 1 aromatic heterocycles. The molecule has 1 fully saturated rings. The summed E-state index contributed by atoms with van der Waals surface area (Å²) < 4.78 is 0. The number of hydrogen-bond donors (Lipinski definition) is 2. The molecule has 0 radical (unpaired) electrons. The number of amides is 1. The maximum Gasteiger partial charge on any atom is 0.271 e. The molecule has 1 saturated heterocycles. The molecule has 3 N–H and O–H groups in total. The van der Waals surface area contributed by atoms with Gasteiger partial charge in [0.1, 0.15) is 10.7 Å². The lowest BCUT2D eigenvalue weighted by molar-refractivity contribution is 0.0946. The van der Waals surface area contributed by atoms with Gasteiger partial charge in [0.2, 0.25) is 0 Å². The van der Waals surface area contributed by atoms with Crippen molar-refractivity contribution in [2.24, 2.45) is 11.7 Å². The highest BCUT2D eigenvalue weighted by atomic mass is 32.1. The Morgan fingerprint density at radius 1 is 1.36 bits per heavy atom. The molecule has 2 aromatic rings. The smallest absolute Gasteiger partial charge is 0.271 e. The Kier molecular flexibility index (Phi) is 6.18. The molecule has 2 heterocycles. The number of nitrogens with two attached hydrogens (primary N) is 1. The maximum atomic E-state index is 12.2. The van der Waals surface area contributed by atoms with Gasteiger partial charge < -0.3 is 11.1 Å². The average Bonchev–Trinajstić information content (AvgIpc) is 3.11. The highest BCUT2D eigenvalue weighted by molar-refractivity contribution is 7.09. The fourth-order valence-corrected chi connectivity index (χ4v) is 3.75. The van der Waals surface area contributed by atoms with Crippen LogP contribution >= 0.6 is 11.3 Å². The van der Waals surface area contributed by atoms with Crippen molar-refractivity contribution in [1.82, 2.24) is 15.2 Å². The van der Waals surface area contributed by atoms with Gasteiger partial charge in [-0.25, -0.2) is 4.98 Å². The fraction of sp³-hybridized carbons (Fsp3) is 0.474. The Hall–Kier alpha value is -1.76.